The van der Waals surface area contributed by atoms with E-state index >= 15 is 0 Å². The molecule has 0 nitrogen and oxygen atoms in total. The Hall–Kier alpha value is -0.840. The molecule has 0 aromatic heterocycles. The fourth-order valence-corrected chi connectivity index (χ4v) is 1.57. The van der Waals surface area contributed by atoms with Crippen molar-refractivity contribution in [1.82, 2.24) is 0 Å². The maximum Gasteiger partial charge on any atom is 0.392 e. The third-order valence-corrected chi connectivity index (χ3v) is 2.45. The standard InChI is InChI=1S/C9H8F12/c10-6(11,12)2-4(8(16,17)18)1-5(9(19,20)21)3-7(13,14)15/h4-5H,1-3H2. The van der Waals surface area contributed by atoms with Gasteiger partial charge in [-0.1, -0.05) is 0 Å². The molecule has 0 aromatic rings. The molecule has 0 aliphatic rings. The topological polar surface area (TPSA) is 0 Å². The number of hydrogen-bond acceptors (Lipinski definition) is 0. The Labute approximate surface area is 110 Å². The number of hydrogen-bond donors (Lipinski definition) is 0. The lowest BCUT2D eigenvalue weighted by Gasteiger charge is -2.28. The molecule has 0 heterocycles. The highest BCUT2D eigenvalue weighted by Crippen LogP contribution is 2.45. The molecule has 0 fully saturated rings. The molecular weight excluding hydrogens is 336 g/mol. The lowest BCUT2D eigenvalue weighted by molar-refractivity contribution is -0.252. The minimum atomic E-state index is -5.69. The van der Waals surface area contributed by atoms with Crippen molar-refractivity contribution in [2.75, 3.05) is 0 Å². The molecule has 0 amide bonds. The first kappa shape index (κ1) is 20.2. The van der Waals surface area contributed by atoms with E-state index in [4.69, 9.17) is 0 Å². The zero-order valence-corrected chi connectivity index (χ0v) is 9.81. The quantitative estimate of drug-likeness (QED) is 0.579. The Bertz CT molecular complexity index is 284. The average Bonchev–Trinajstić information content (AvgIpc) is 2.07. The second-order valence-corrected chi connectivity index (χ2v) is 4.35. The summed E-state index contributed by atoms with van der Waals surface area (Å²) < 4.78 is 145. The van der Waals surface area contributed by atoms with E-state index in [0.29, 0.717) is 0 Å². The van der Waals surface area contributed by atoms with Crippen molar-refractivity contribution in [2.45, 2.75) is 44.0 Å². The van der Waals surface area contributed by atoms with Gasteiger partial charge in [-0.25, -0.2) is 0 Å². The van der Waals surface area contributed by atoms with Crippen LogP contribution >= 0.6 is 0 Å². The Morgan fingerprint density at radius 1 is 0.476 bits per heavy atom. The van der Waals surface area contributed by atoms with Crippen LogP contribution in [0.5, 0.6) is 0 Å². The molecule has 21 heavy (non-hydrogen) atoms. The maximum absolute atomic E-state index is 12.3. The zero-order valence-electron chi connectivity index (χ0n) is 9.81. The first-order chi connectivity index (χ1) is 8.92. The van der Waals surface area contributed by atoms with Gasteiger partial charge in [-0.3, -0.25) is 0 Å². The highest BCUT2D eigenvalue weighted by molar-refractivity contribution is 4.80. The van der Waals surface area contributed by atoms with Crippen molar-refractivity contribution < 1.29 is 52.7 Å². The molecule has 2 unspecified atom stereocenters. The van der Waals surface area contributed by atoms with E-state index < -0.39 is 55.8 Å². The van der Waals surface area contributed by atoms with E-state index in [1.807, 2.05) is 0 Å². The van der Waals surface area contributed by atoms with Gasteiger partial charge < -0.3 is 0 Å². The summed E-state index contributed by atoms with van der Waals surface area (Å²) in [6.45, 7) is 0. The summed E-state index contributed by atoms with van der Waals surface area (Å²) >= 11 is 0. The largest absolute Gasteiger partial charge is 0.392 e. The molecule has 0 aliphatic heterocycles. The maximum atomic E-state index is 12.3. The highest BCUT2D eigenvalue weighted by atomic mass is 19.4. The van der Waals surface area contributed by atoms with Gasteiger partial charge in [-0.05, 0) is 6.42 Å². The minimum Gasteiger partial charge on any atom is -0.171 e. The second kappa shape index (κ2) is 6.11. The molecule has 12 heteroatoms. The van der Waals surface area contributed by atoms with E-state index in [1.54, 1.807) is 0 Å². The van der Waals surface area contributed by atoms with Gasteiger partial charge in [0, 0.05) is 0 Å². The number of halogens is 12. The van der Waals surface area contributed by atoms with E-state index in [0.717, 1.165) is 0 Å². The van der Waals surface area contributed by atoms with Crippen LogP contribution in [0, 0.1) is 11.8 Å². The summed E-state index contributed by atoms with van der Waals surface area (Å²) in [5.41, 5.74) is 0. The van der Waals surface area contributed by atoms with Crippen LogP contribution in [0.3, 0.4) is 0 Å². The van der Waals surface area contributed by atoms with Crippen molar-refractivity contribution in [3.8, 4) is 0 Å². The van der Waals surface area contributed by atoms with Crippen molar-refractivity contribution in [3.05, 3.63) is 0 Å². The van der Waals surface area contributed by atoms with E-state index in [9.17, 15) is 52.7 Å². The minimum absolute atomic E-state index is 2.33. The Balaban J connectivity index is 5.23. The summed E-state index contributed by atoms with van der Waals surface area (Å²) in [6, 6.07) is 0. The Morgan fingerprint density at radius 3 is 0.857 bits per heavy atom. The van der Waals surface area contributed by atoms with Crippen molar-refractivity contribution >= 4 is 0 Å². The molecule has 0 saturated carbocycles. The van der Waals surface area contributed by atoms with E-state index in [1.165, 1.54) is 0 Å². The van der Waals surface area contributed by atoms with Gasteiger partial charge >= 0.3 is 24.7 Å². The van der Waals surface area contributed by atoms with Gasteiger partial charge in [0.25, 0.3) is 0 Å². The predicted molar refractivity (Wildman–Crippen MR) is 45.1 cm³/mol. The van der Waals surface area contributed by atoms with Crippen LogP contribution in [0.1, 0.15) is 19.3 Å². The Morgan fingerprint density at radius 2 is 0.714 bits per heavy atom. The summed E-state index contributed by atoms with van der Waals surface area (Å²) in [5, 5.41) is 0. The van der Waals surface area contributed by atoms with Gasteiger partial charge in [0.2, 0.25) is 0 Å². The first-order valence-corrected chi connectivity index (χ1v) is 5.19. The van der Waals surface area contributed by atoms with E-state index in [2.05, 4.69) is 0 Å². The van der Waals surface area contributed by atoms with Crippen LogP contribution < -0.4 is 0 Å². The van der Waals surface area contributed by atoms with Gasteiger partial charge in [-0.2, -0.15) is 52.7 Å². The molecule has 0 N–H and O–H groups in total. The van der Waals surface area contributed by atoms with Crippen molar-refractivity contribution in [3.63, 3.8) is 0 Å². The van der Waals surface area contributed by atoms with Gasteiger partial charge in [0.05, 0.1) is 24.7 Å². The lowest BCUT2D eigenvalue weighted by Crippen LogP contribution is -2.36. The smallest absolute Gasteiger partial charge is 0.171 e. The van der Waals surface area contributed by atoms with Gasteiger partial charge in [-0.15, -0.1) is 0 Å². The van der Waals surface area contributed by atoms with Crippen LogP contribution in [0.15, 0.2) is 0 Å². The monoisotopic (exact) mass is 344 g/mol. The van der Waals surface area contributed by atoms with Gasteiger partial charge in [0.1, 0.15) is 0 Å². The SMILES string of the molecule is FC(F)(F)CC(CC(CC(F)(F)F)C(F)(F)F)C(F)(F)F. The van der Waals surface area contributed by atoms with Crippen LogP contribution in [0.2, 0.25) is 0 Å². The highest BCUT2D eigenvalue weighted by Gasteiger charge is 2.53. The molecule has 128 valence electrons. The van der Waals surface area contributed by atoms with Crippen LogP contribution in [-0.4, -0.2) is 24.7 Å². The lowest BCUT2D eigenvalue weighted by atomic mass is 9.88. The third kappa shape index (κ3) is 8.91. The summed E-state index contributed by atoms with van der Waals surface area (Å²) in [5.74, 6) is -7.10. The van der Waals surface area contributed by atoms with Crippen molar-refractivity contribution in [2.24, 2.45) is 11.8 Å². The molecule has 0 radical (unpaired) electrons. The molecule has 0 spiro atoms. The van der Waals surface area contributed by atoms with Crippen LogP contribution in [0.25, 0.3) is 0 Å². The summed E-state index contributed by atoms with van der Waals surface area (Å²) in [6.07, 6.45) is -29.9. The molecular formula is C9H8F12. The van der Waals surface area contributed by atoms with Crippen LogP contribution in [-0.2, 0) is 0 Å². The summed E-state index contributed by atoms with van der Waals surface area (Å²) in [4.78, 5) is 0. The molecule has 2 atom stereocenters. The normalized spacial score (nSPS) is 17.7. The average molecular weight is 344 g/mol. The molecule has 0 aromatic carbocycles. The number of alkyl halides is 12. The fourth-order valence-electron chi connectivity index (χ4n) is 1.57. The Kier molecular flexibility index (Phi) is 5.86. The third-order valence-electron chi connectivity index (χ3n) is 2.45. The molecule has 0 saturated heterocycles. The van der Waals surface area contributed by atoms with Crippen molar-refractivity contribution in [1.29, 1.82) is 0 Å². The summed E-state index contributed by atoms with van der Waals surface area (Å²) in [7, 11) is 0. The van der Waals surface area contributed by atoms with E-state index in [-0.39, 0.29) is 0 Å². The van der Waals surface area contributed by atoms with Crippen LogP contribution in [0.4, 0.5) is 52.7 Å². The second-order valence-electron chi connectivity index (χ2n) is 4.35. The molecule has 0 bridgehead atoms. The molecule has 0 aliphatic carbocycles. The fraction of sp³-hybridized carbons (Fsp3) is 1.00. The van der Waals surface area contributed by atoms with Gasteiger partial charge in [0.15, 0.2) is 0 Å². The zero-order chi connectivity index (χ0) is 17.3. The first-order valence-electron chi connectivity index (χ1n) is 5.19. The predicted octanol–water partition coefficient (Wildman–Crippen LogP) is 5.64. The number of rotatable bonds is 4. The molecule has 0 rings (SSSR count).